The molecule has 1 N–H and O–H groups in total. The summed E-state index contributed by atoms with van der Waals surface area (Å²) in [6.07, 6.45) is 2.58. The maximum atomic E-state index is 11.1. The Kier molecular flexibility index (Phi) is 4.18. The molecule has 1 aliphatic rings. The van der Waals surface area contributed by atoms with E-state index in [4.69, 9.17) is 4.74 Å². The third-order valence-electron chi connectivity index (χ3n) is 2.17. The van der Waals surface area contributed by atoms with E-state index >= 15 is 0 Å². The van der Waals surface area contributed by atoms with E-state index in [1.807, 2.05) is 0 Å². The van der Waals surface area contributed by atoms with Crippen molar-refractivity contribution in [2.24, 2.45) is 0 Å². The molecule has 1 aliphatic heterocycles. The molecule has 0 spiro atoms. The molecule has 1 atom stereocenters. The molecular weight excluding hydrogens is 168 g/mol. The van der Waals surface area contributed by atoms with Crippen molar-refractivity contribution >= 4 is 5.91 Å². The van der Waals surface area contributed by atoms with E-state index in [2.05, 4.69) is 5.32 Å². The minimum Gasteiger partial charge on any atom is -0.377 e. The van der Waals surface area contributed by atoms with Gasteiger partial charge in [0, 0.05) is 27.2 Å². The molecule has 4 nitrogen and oxygen atoms in total. The Morgan fingerprint density at radius 3 is 2.92 bits per heavy atom. The first-order valence-electron chi connectivity index (χ1n) is 4.72. The number of nitrogens with one attached hydrogen (secondary N) is 1. The fourth-order valence-electron chi connectivity index (χ4n) is 1.30. The van der Waals surface area contributed by atoms with Gasteiger partial charge in [0.1, 0.15) is 0 Å². The van der Waals surface area contributed by atoms with Gasteiger partial charge in [0.25, 0.3) is 0 Å². The van der Waals surface area contributed by atoms with Crippen molar-refractivity contribution in [3.8, 4) is 0 Å². The molecule has 0 aliphatic carbocycles. The Morgan fingerprint density at radius 1 is 1.62 bits per heavy atom. The number of carbonyl (C=O) groups excluding carboxylic acids is 1. The van der Waals surface area contributed by atoms with Crippen LogP contribution in [0.2, 0.25) is 0 Å². The van der Waals surface area contributed by atoms with E-state index < -0.39 is 0 Å². The minimum absolute atomic E-state index is 0.109. The van der Waals surface area contributed by atoms with Gasteiger partial charge in [-0.25, -0.2) is 0 Å². The Bertz CT molecular complexity index is 165. The van der Waals surface area contributed by atoms with E-state index in [9.17, 15) is 4.79 Å². The number of rotatable bonds is 4. The molecule has 0 bridgehead atoms. The van der Waals surface area contributed by atoms with Gasteiger partial charge in [-0.2, -0.15) is 0 Å². The molecule has 0 aromatic rings. The summed E-state index contributed by atoms with van der Waals surface area (Å²) in [5, 5.41) is 3.09. The molecule has 1 heterocycles. The molecule has 1 rings (SSSR count). The molecule has 0 aromatic heterocycles. The van der Waals surface area contributed by atoms with Crippen molar-refractivity contribution in [3.63, 3.8) is 0 Å². The quantitative estimate of drug-likeness (QED) is 0.663. The Balaban J connectivity index is 2.03. The summed E-state index contributed by atoms with van der Waals surface area (Å²) in [6.45, 7) is 2.07. The van der Waals surface area contributed by atoms with Crippen molar-refractivity contribution in [1.29, 1.82) is 0 Å². The van der Waals surface area contributed by atoms with Crippen molar-refractivity contribution in [2.75, 3.05) is 33.8 Å². The highest BCUT2D eigenvalue weighted by Gasteiger charge is 2.15. The zero-order valence-corrected chi connectivity index (χ0v) is 8.38. The molecule has 1 saturated heterocycles. The van der Waals surface area contributed by atoms with Gasteiger partial charge in [-0.3, -0.25) is 4.79 Å². The van der Waals surface area contributed by atoms with Crippen LogP contribution in [0.5, 0.6) is 0 Å². The van der Waals surface area contributed by atoms with Gasteiger partial charge in [-0.1, -0.05) is 0 Å². The summed E-state index contributed by atoms with van der Waals surface area (Å²) in [7, 11) is 3.52. The summed E-state index contributed by atoms with van der Waals surface area (Å²) in [5.41, 5.74) is 0. The van der Waals surface area contributed by atoms with E-state index in [1.54, 1.807) is 19.0 Å². The monoisotopic (exact) mass is 186 g/mol. The van der Waals surface area contributed by atoms with Gasteiger partial charge in [0.15, 0.2) is 0 Å². The fraction of sp³-hybridized carbons (Fsp3) is 0.889. The Morgan fingerprint density at radius 2 is 2.38 bits per heavy atom. The standard InChI is InChI=1S/C9H18N2O2/c1-11(2)9(12)7-10-6-8-4-3-5-13-8/h8,10H,3-7H2,1-2H3. The maximum Gasteiger partial charge on any atom is 0.236 e. The average Bonchev–Trinajstić information content (AvgIpc) is 2.56. The van der Waals surface area contributed by atoms with E-state index in [-0.39, 0.29) is 5.91 Å². The van der Waals surface area contributed by atoms with Crippen LogP contribution >= 0.6 is 0 Å². The molecule has 1 amide bonds. The molecule has 0 saturated carbocycles. The normalized spacial score (nSPS) is 21.8. The number of nitrogens with zero attached hydrogens (tertiary/aromatic N) is 1. The maximum absolute atomic E-state index is 11.1. The predicted octanol–water partition coefficient (Wildman–Crippen LogP) is -0.157. The molecule has 4 heteroatoms. The van der Waals surface area contributed by atoms with E-state index in [0.717, 1.165) is 26.0 Å². The topological polar surface area (TPSA) is 41.6 Å². The van der Waals surface area contributed by atoms with Gasteiger partial charge >= 0.3 is 0 Å². The van der Waals surface area contributed by atoms with Crippen LogP contribution in [0.4, 0.5) is 0 Å². The minimum atomic E-state index is 0.109. The van der Waals surface area contributed by atoms with Crippen LogP contribution in [-0.4, -0.2) is 50.7 Å². The lowest BCUT2D eigenvalue weighted by atomic mass is 10.2. The van der Waals surface area contributed by atoms with Gasteiger partial charge in [-0.15, -0.1) is 0 Å². The second-order valence-corrected chi connectivity index (χ2v) is 3.55. The SMILES string of the molecule is CN(C)C(=O)CNCC1CCCO1. The van der Waals surface area contributed by atoms with Crippen molar-refractivity contribution in [1.82, 2.24) is 10.2 Å². The average molecular weight is 186 g/mol. The number of hydrogen-bond acceptors (Lipinski definition) is 3. The van der Waals surface area contributed by atoms with E-state index in [0.29, 0.717) is 12.6 Å². The van der Waals surface area contributed by atoms with Crippen LogP contribution in [-0.2, 0) is 9.53 Å². The summed E-state index contributed by atoms with van der Waals surface area (Å²) >= 11 is 0. The third-order valence-corrected chi connectivity index (χ3v) is 2.17. The van der Waals surface area contributed by atoms with Crippen molar-refractivity contribution < 1.29 is 9.53 Å². The summed E-state index contributed by atoms with van der Waals surface area (Å²) in [6, 6.07) is 0. The number of likely N-dealkylation sites (N-methyl/N-ethyl adjacent to an activating group) is 1. The zero-order valence-electron chi connectivity index (χ0n) is 8.38. The second kappa shape index (κ2) is 5.19. The van der Waals surface area contributed by atoms with Gasteiger partial charge in [0.2, 0.25) is 5.91 Å². The first kappa shape index (κ1) is 10.5. The molecule has 1 fully saturated rings. The van der Waals surface area contributed by atoms with Gasteiger partial charge < -0.3 is 15.0 Å². The second-order valence-electron chi connectivity index (χ2n) is 3.55. The smallest absolute Gasteiger partial charge is 0.236 e. The molecule has 0 radical (unpaired) electrons. The Hall–Kier alpha value is -0.610. The zero-order chi connectivity index (χ0) is 9.68. The molecule has 76 valence electrons. The fourth-order valence-corrected chi connectivity index (χ4v) is 1.30. The number of ether oxygens (including phenoxy) is 1. The third kappa shape index (κ3) is 3.74. The number of carbonyl (C=O) groups is 1. The van der Waals surface area contributed by atoms with Crippen LogP contribution in [0, 0.1) is 0 Å². The molecular formula is C9H18N2O2. The first-order valence-corrected chi connectivity index (χ1v) is 4.72. The van der Waals surface area contributed by atoms with Gasteiger partial charge in [-0.05, 0) is 12.8 Å². The highest BCUT2D eigenvalue weighted by Crippen LogP contribution is 2.10. The lowest BCUT2D eigenvalue weighted by molar-refractivity contribution is -0.127. The lowest BCUT2D eigenvalue weighted by Gasteiger charge is -2.13. The predicted molar refractivity (Wildman–Crippen MR) is 50.5 cm³/mol. The summed E-state index contributed by atoms with van der Waals surface area (Å²) in [5.74, 6) is 0.109. The van der Waals surface area contributed by atoms with Gasteiger partial charge in [0.05, 0.1) is 12.6 Å². The van der Waals surface area contributed by atoms with Crippen molar-refractivity contribution in [3.05, 3.63) is 0 Å². The van der Waals surface area contributed by atoms with Crippen LogP contribution in [0.25, 0.3) is 0 Å². The molecule has 1 unspecified atom stereocenters. The molecule has 0 aromatic carbocycles. The summed E-state index contributed by atoms with van der Waals surface area (Å²) in [4.78, 5) is 12.7. The highest BCUT2D eigenvalue weighted by molar-refractivity contribution is 5.77. The van der Waals surface area contributed by atoms with Crippen LogP contribution in [0.1, 0.15) is 12.8 Å². The number of hydrogen-bond donors (Lipinski definition) is 1. The van der Waals surface area contributed by atoms with Crippen LogP contribution < -0.4 is 5.32 Å². The van der Waals surface area contributed by atoms with Crippen LogP contribution in [0.15, 0.2) is 0 Å². The first-order chi connectivity index (χ1) is 6.20. The number of amides is 1. The summed E-state index contributed by atoms with van der Waals surface area (Å²) < 4.78 is 5.41. The van der Waals surface area contributed by atoms with Crippen LogP contribution in [0.3, 0.4) is 0 Å². The molecule has 13 heavy (non-hydrogen) atoms. The highest BCUT2D eigenvalue weighted by atomic mass is 16.5. The Labute approximate surface area is 79.2 Å². The van der Waals surface area contributed by atoms with E-state index in [1.165, 1.54) is 0 Å². The van der Waals surface area contributed by atoms with Crippen molar-refractivity contribution in [2.45, 2.75) is 18.9 Å². The largest absolute Gasteiger partial charge is 0.377 e. The lowest BCUT2D eigenvalue weighted by Crippen LogP contribution is -2.36.